The Balaban J connectivity index is 2.15. The van der Waals surface area contributed by atoms with Crippen molar-refractivity contribution < 1.29 is 10.0 Å². The molecule has 1 heterocycles. The summed E-state index contributed by atoms with van der Waals surface area (Å²) in [7, 11) is 3.94. The average Bonchev–Trinajstić information content (AvgIpc) is 2.95. The molecule has 0 spiro atoms. The molecule has 6 heteroatoms. The zero-order valence-corrected chi connectivity index (χ0v) is 12.5. The summed E-state index contributed by atoms with van der Waals surface area (Å²) in [6, 6.07) is 0.227. The quantitative estimate of drug-likeness (QED) is 0.348. The van der Waals surface area contributed by atoms with Crippen molar-refractivity contribution in [2.75, 3.05) is 27.2 Å². The first-order valence-corrected chi connectivity index (χ1v) is 7.45. The van der Waals surface area contributed by atoms with Crippen LogP contribution < -0.4 is 5.73 Å². The van der Waals surface area contributed by atoms with E-state index in [1.165, 1.54) is 0 Å². The lowest BCUT2D eigenvalue weighted by Gasteiger charge is -2.39. The van der Waals surface area contributed by atoms with Crippen LogP contribution in [-0.4, -0.2) is 60.0 Å². The minimum Gasteiger partial charge on any atom is -0.409 e. The van der Waals surface area contributed by atoms with Crippen LogP contribution in [0.4, 0.5) is 0 Å². The van der Waals surface area contributed by atoms with E-state index in [9.17, 15) is 4.79 Å². The monoisotopic (exact) mass is 282 g/mol. The number of carbonyl (C=O) groups is 1. The van der Waals surface area contributed by atoms with Gasteiger partial charge in [-0.05, 0) is 39.3 Å². The van der Waals surface area contributed by atoms with Crippen LogP contribution >= 0.6 is 0 Å². The van der Waals surface area contributed by atoms with Gasteiger partial charge in [-0.15, -0.1) is 0 Å². The fourth-order valence-electron chi connectivity index (χ4n) is 3.61. The highest BCUT2D eigenvalue weighted by Crippen LogP contribution is 2.40. The van der Waals surface area contributed by atoms with Gasteiger partial charge in [0, 0.05) is 19.6 Å². The van der Waals surface area contributed by atoms with Gasteiger partial charge in [0.05, 0.1) is 0 Å². The molecule has 2 rings (SSSR count). The molecule has 1 saturated heterocycles. The number of nitrogens with two attached hydrogens (primary N) is 1. The maximum Gasteiger partial charge on any atom is 0.236 e. The molecule has 6 nitrogen and oxygen atoms in total. The number of hydrogen-bond acceptors (Lipinski definition) is 4. The van der Waals surface area contributed by atoms with Crippen LogP contribution in [0.2, 0.25) is 0 Å². The Morgan fingerprint density at radius 1 is 1.40 bits per heavy atom. The van der Waals surface area contributed by atoms with E-state index in [-0.39, 0.29) is 17.8 Å². The number of likely N-dealkylation sites (N-methyl/N-ethyl adjacent to an activating group) is 2. The normalized spacial score (nSPS) is 27.5. The molecule has 1 saturated carbocycles. The number of hydrogen-bond donors (Lipinski definition) is 2. The van der Waals surface area contributed by atoms with Crippen molar-refractivity contribution in [3.63, 3.8) is 0 Å². The van der Waals surface area contributed by atoms with E-state index in [4.69, 9.17) is 10.9 Å². The van der Waals surface area contributed by atoms with Gasteiger partial charge in [0.1, 0.15) is 5.41 Å². The highest BCUT2D eigenvalue weighted by atomic mass is 16.4. The summed E-state index contributed by atoms with van der Waals surface area (Å²) >= 11 is 0. The van der Waals surface area contributed by atoms with Crippen LogP contribution in [-0.2, 0) is 4.79 Å². The number of carbonyl (C=O) groups excluding carboxylic acids is 1. The molecular weight excluding hydrogens is 256 g/mol. The standard InChI is InChI=1S/C14H26N4O2/c1-17-9-5-6-11(10-17)18(2)13(19)14(12(15)16-20)7-3-4-8-14/h11,20H,3-10H2,1-2H3,(H2,15,16). The second-order valence-electron chi connectivity index (χ2n) is 6.25. The highest BCUT2D eigenvalue weighted by molar-refractivity contribution is 6.07. The van der Waals surface area contributed by atoms with Crippen molar-refractivity contribution in [1.29, 1.82) is 0 Å². The molecule has 0 radical (unpaired) electrons. The molecule has 114 valence electrons. The van der Waals surface area contributed by atoms with Gasteiger partial charge in [-0.3, -0.25) is 4.79 Å². The Kier molecular flexibility index (Phi) is 4.52. The van der Waals surface area contributed by atoms with Crippen molar-refractivity contribution in [1.82, 2.24) is 9.80 Å². The molecule has 0 aromatic rings. The smallest absolute Gasteiger partial charge is 0.236 e. The Labute approximate surface area is 120 Å². The Morgan fingerprint density at radius 2 is 2.05 bits per heavy atom. The molecule has 1 amide bonds. The molecule has 0 aromatic heterocycles. The molecule has 1 aliphatic carbocycles. The summed E-state index contributed by atoms with van der Waals surface area (Å²) in [6.07, 6.45) is 5.43. The van der Waals surface area contributed by atoms with Crippen LogP contribution in [0.25, 0.3) is 0 Å². The molecule has 2 aliphatic rings. The van der Waals surface area contributed by atoms with E-state index in [0.29, 0.717) is 12.8 Å². The van der Waals surface area contributed by atoms with Crippen molar-refractivity contribution >= 4 is 11.7 Å². The summed E-state index contributed by atoms with van der Waals surface area (Å²) in [5.41, 5.74) is 5.07. The van der Waals surface area contributed by atoms with Gasteiger partial charge in [-0.2, -0.15) is 0 Å². The number of likely N-dealkylation sites (tertiary alicyclic amines) is 1. The summed E-state index contributed by atoms with van der Waals surface area (Å²) in [4.78, 5) is 17.0. The van der Waals surface area contributed by atoms with Gasteiger partial charge in [0.15, 0.2) is 5.84 Å². The minimum atomic E-state index is -0.778. The van der Waals surface area contributed by atoms with Gasteiger partial charge in [0.25, 0.3) is 0 Å². The van der Waals surface area contributed by atoms with Crippen LogP contribution in [0.3, 0.4) is 0 Å². The summed E-state index contributed by atoms with van der Waals surface area (Å²) in [5, 5.41) is 12.2. The summed E-state index contributed by atoms with van der Waals surface area (Å²) in [6.45, 7) is 1.98. The lowest BCUT2D eigenvalue weighted by molar-refractivity contribution is -0.140. The fraction of sp³-hybridized carbons (Fsp3) is 0.857. The second-order valence-corrected chi connectivity index (χ2v) is 6.25. The maximum absolute atomic E-state index is 12.9. The van der Waals surface area contributed by atoms with Crippen molar-refractivity contribution in [3.8, 4) is 0 Å². The Hall–Kier alpha value is -1.30. The molecule has 2 fully saturated rings. The molecule has 3 N–H and O–H groups in total. The predicted octanol–water partition coefficient (Wildman–Crippen LogP) is 0.846. The minimum absolute atomic E-state index is 0.0191. The first-order chi connectivity index (χ1) is 9.51. The average molecular weight is 282 g/mol. The molecule has 0 aromatic carbocycles. The number of oxime groups is 1. The highest BCUT2D eigenvalue weighted by Gasteiger charge is 2.48. The van der Waals surface area contributed by atoms with Crippen LogP contribution in [0, 0.1) is 5.41 Å². The third kappa shape index (κ3) is 2.61. The Morgan fingerprint density at radius 3 is 2.60 bits per heavy atom. The lowest BCUT2D eigenvalue weighted by atomic mass is 9.82. The van der Waals surface area contributed by atoms with Crippen molar-refractivity contribution in [2.45, 2.75) is 44.6 Å². The van der Waals surface area contributed by atoms with E-state index in [0.717, 1.165) is 38.8 Å². The third-order valence-corrected chi connectivity index (χ3v) is 4.93. The maximum atomic E-state index is 12.9. The molecule has 20 heavy (non-hydrogen) atoms. The van der Waals surface area contributed by atoms with E-state index < -0.39 is 5.41 Å². The van der Waals surface area contributed by atoms with Gasteiger partial charge >= 0.3 is 0 Å². The summed E-state index contributed by atoms with van der Waals surface area (Å²) < 4.78 is 0. The van der Waals surface area contributed by atoms with Gasteiger partial charge in [-0.25, -0.2) is 0 Å². The largest absolute Gasteiger partial charge is 0.409 e. The number of amidine groups is 1. The number of amides is 1. The number of rotatable bonds is 3. The second kappa shape index (κ2) is 5.99. The molecule has 1 aliphatic heterocycles. The van der Waals surface area contributed by atoms with Crippen LogP contribution in [0.5, 0.6) is 0 Å². The zero-order valence-electron chi connectivity index (χ0n) is 12.5. The number of piperidine rings is 1. The molecule has 0 bridgehead atoms. The van der Waals surface area contributed by atoms with Gasteiger partial charge < -0.3 is 20.7 Å². The van der Waals surface area contributed by atoms with Crippen molar-refractivity contribution in [3.05, 3.63) is 0 Å². The van der Waals surface area contributed by atoms with E-state index in [1.54, 1.807) is 0 Å². The SMILES string of the molecule is CN1CCCC(N(C)C(=O)C2(C(N)=NO)CCCC2)C1. The summed E-state index contributed by atoms with van der Waals surface area (Å²) in [5.74, 6) is 0.0987. The predicted molar refractivity (Wildman–Crippen MR) is 77.6 cm³/mol. The van der Waals surface area contributed by atoms with Crippen molar-refractivity contribution in [2.24, 2.45) is 16.3 Å². The van der Waals surface area contributed by atoms with Crippen LogP contribution in [0.15, 0.2) is 5.16 Å². The van der Waals surface area contributed by atoms with E-state index in [2.05, 4.69) is 17.1 Å². The van der Waals surface area contributed by atoms with Gasteiger partial charge in [-0.1, -0.05) is 18.0 Å². The number of nitrogens with zero attached hydrogens (tertiary/aromatic N) is 3. The fourth-order valence-corrected chi connectivity index (χ4v) is 3.61. The topological polar surface area (TPSA) is 82.2 Å². The molecular formula is C14H26N4O2. The lowest BCUT2D eigenvalue weighted by Crippen LogP contribution is -2.55. The van der Waals surface area contributed by atoms with E-state index in [1.807, 2.05) is 11.9 Å². The Bertz CT molecular complexity index is 391. The zero-order chi connectivity index (χ0) is 14.8. The van der Waals surface area contributed by atoms with Crippen LogP contribution in [0.1, 0.15) is 38.5 Å². The van der Waals surface area contributed by atoms with E-state index >= 15 is 0 Å². The van der Waals surface area contributed by atoms with Gasteiger partial charge in [0.2, 0.25) is 5.91 Å². The molecule has 1 atom stereocenters. The third-order valence-electron chi connectivity index (χ3n) is 4.93. The first kappa shape index (κ1) is 15.1. The molecule has 1 unspecified atom stereocenters. The first-order valence-electron chi connectivity index (χ1n) is 7.45.